The Hall–Kier alpha value is -1.11. The van der Waals surface area contributed by atoms with Gasteiger partial charge >= 0.3 is 0 Å². The molecule has 21 heavy (non-hydrogen) atoms. The first-order chi connectivity index (χ1) is 9.65. The predicted octanol–water partition coefficient (Wildman–Crippen LogP) is 1.89. The van der Waals surface area contributed by atoms with Gasteiger partial charge in [0.1, 0.15) is 9.84 Å². The zero-order valence-corrected chi connectivity index (χ0v) is 14.0. The standard InChI is InChI=1S/C14H21ClN2O3S/c1-11(10-21(3,19)20)8-17(2)9-14(18)16-13-6-4-12(15)5-7-13/h4-7,11H,8-10H2,1-3H3,(H,16,18). The summed E-state index contributed by atoms with van der Waals surface area (Å²) in [5, 5.41) is 3.37. The second kappa shape index (κ2) is 7.77. The average Bonchev–Trinajstić information content (AvgIpc) is 2.28. The first-order valence-corrected chi connectivity index (χ1v) is 9.01. The molecule has 0 saturated heterocycles. The van der Waals surface area contributed by atoms with Crippen molar-refractivity contribution in [1.29, 1.82) is 0 Å². The molecule has 1 aromatic rings. The van der Waals surface area contributed by atoms with Crippen molar-refractivity contribution < 1.29 is 13.2 Å². The van der Waals surface area contributed by atoms with Gasteiger partial charge in [-0.1, -0.05) is 18.5 Å². The van der Waals surface area contributed by atoms with E-state index in [2.05, 4.69) is 5.32 Å². The number of likely N-dealkylation sites (N-methyl/N-ethyl adjacent to an activating group) is 1. The van der Waals surface area contributed by atoms with Crippen molar-refractivity contribution >= 4 is 33.0 Å². The molecule has 1 unspecified atom stereocenters. The van der Waals surface area contributed by atoms with Crippen molar-refractivity contribution in [3.8, 4) is 0 Å². The number of hydrogen-bond acceptors (Lipinski definition) is 4. The van der Waals surface area contributed by atoms with Crippen LogP contribution in [0, 0.1) is 5.92 Å². The van der Waals surface area contributed by atoms with Gasteiger partial charge in [0.25, 0.3) is 0 Å². The minimum absolute atomic E-state index is 0.0201. The highest BCUT2D eigenvalue weighted by Crippen LogP contribution is 2.13. The number of halogens is 1. The van der Waals surface area contributed by atoms with Crippen LogP contribution in [-0.2, 0) is 14.6 Å². The third-order valence-electron chi connectivity index (χ3n) is 2.75. The zero-order chi connectivity index (χ0) is 16.0. The number of carbonyl (C=O) groups is 1. The maximum atomic E-state index is 11.9. The summed E-state index contributed by atoms with van der Waals surface area (Å²) in [6.07, 6.45) is 1.22. The molecule has 0 aliphatic carbocycles. The van der Waals surface area contributed by atoms with Crippen LogP contribution < -0.4 is 5.32 Å². The number of nitrogens with one attached hydrogen (secondary N) is 1. The van der Waals surface area contributed by atoms with Gasteiger partial charge in [-0.3, -0.25) is 9.69 Å². The largest absolute Gasteiger partial charge is 0.325 e. The Morgan fingerprint density at radius 2 is 1.90 bits per heavy atom. The highest BCUT2D eigenvalue weighted by molar-refractivity contribution is 7.90. The summed E-state index contributed by atoms with van der Waals surface area (Å²) in [6, 6.07) is 6.86. The van der Waals surface area contributed by atoms with Gasteiger partial charge in [-0.05, 0) is 37.2 Å². The second-order valence-corrected chi connectivity index (χ2v) is 8.07. The van der Waals surface area contributed by atoms with Crippen LogP contribution in [0.2, 0.25) is 5.02 Å². The van der Waals surface area contributed by atoms with Gasteiger partial charge in [-0.2, -0.15) is 0 Å². The van der Waals surface area contributed by atoms with E-state index in [0.29, 0.717) is 17.3 Å². The van der Waals surface area contributed by atoms with Gasteiger partial charge in [0.05, 0.1) is 12.3 Å². The van der Waals surface area contributed by atoms with Crippen molar-refractivity contribution in [2.75, 3.05) is 37.5 Å². The fourth-order valence-corrected chi connectivity index (χ4v) is 3.41. The van der Waals surface area contributed by atoms with E-state index >= 15 is 0 Å². The van der Waals surface area contributed by atoms with Crippen molar-refractivity contribution in [3.05, 3.63) is 29.3 Å². The van der Waals surface area contributed by atoms with Crippen molar-refractivity contribution in [3.63, 3.8) is 0 Å². The van der Waals surface area contributed by atoms with E-state index in [1.807, 2.05) is 6.92 Å². The molecular formula is C14H21ClN2O3S. The molecule has 1 aromatic carbocycles. The lowest BCUT2D eigenvalue weighted by Gasteiger charge is -2.20. The van der Waals surface area contributed by atoms with Crippen LogP contribution >= 0.6 is 11.6 Å². The molecule has 0 heterocycles. The lowest BCUT2D eigenvalue weighted by molar-refractivity contribution is -0.117. The second-order valence-electron chi connectivity index (χ2n) is 5.45. The molecule has 0 aromatic heterocycles. The molecule has 0 bridgehead atoms. The van der Waals surface area contributed by atoms with Gasteiger partial charge < -0.3 is 5.32 Å². The number of amides is 1. The van der Waals surface area contributed by atoms with Crippen LogP contribution in [0.5, 0.6) is 0 Å². The van der Waals surface area contributed by atoms with Crippen LogP contribution in [0.1, 0.15) is 6.92 Å². The summed E-state index contributed by atoms with van der Waals surface area (Å²) in [4.78, 5) is 13.7. The van der Waals surface area contributed by atoms with E-state index in [-0.39, 0.29) is 24.1 Å². The Balaban J connectivity index is 2.41. The molecule has 1 amide bonds. The van der Waals surface area contributed by atoms with Gasteiger partial charge in [0.2, 0.25) is 5.91 Å². The molecule has 118 valence electrons. The Morgan fingerprint density at radius 3 is 2.43 bits per heavy atom. The maximum absolute atomic E-state index is 11.9. The SMILES string of the molecule is CC(CN(C)CC(=O)Nc1ccc(Cl)cc1)CS(C)(=O)=O. The molecular weight excluding hydrogens is 312 g/mol. The Kier molecular flexibility index (Phi) is 6.64. The summed E-state index contributed by atoms with van der Waals surface area (Å²) in [6.45, 7) is 2.60. The number of nitrogens with zero attached hydrogens (tertiary/aromatic N) is 1. The monoisotopic (exact) mass is 332 g/mol. The third-order valence-corrected chi connectivity index (χ3v) is 4.18. The zero-order valence-electron chi connectivity index (χ0n) is 12.5. The fourth-order valence-electron chi connectivity index (χ4n) is 2.15. The number of carbonyl (C=O) groups excluding carboxylic acids is 1. The average molecular weight is 333 g/mol. The topological polar surface area (TPSA) is 66.5 Å². The number of anilines is 1. The van der Waals surface area contributed by atoms with Crippen molar-refractivity contribution in [2.45, 2.75) is 6.92 Å². The first kappa shape index (κ1) is 17.9. The van der Waals surface area contributed by atoms with Crippen LogP contribution in [0.25, 0.3) is 0 Å². The molecule has 0 spiro atoms. The quantitative estimate of drug-likeness (QED) is 0.828. The molecule has 0 radical (unpaired) electrons. The normalized spacial score (nSPS) is 13.2. The van der Waals surface area contributed by atoms with Crippen molar-refractivity contribution in [1.82, 2.24) is 4.90 Å². The van der Waals surface area contributed by atoms with E-state index in [1.165, 1.54) is 6.26 Å². The van der Waals surface area contributed by atoms with Crippen LogP contribution in [-0.4, -0.2) is 51.4 Å². The number of hydrogen-bond donors (Lipinski definition) is 1. The van der Waals surface area contributed by atoms with E-state index in [4.69, 9.17) is 11.6 Å². The first-order valence-electron chi connectivity index (χ1n) is 6.57. The Labute approximate surface area is 131 Å². The minimum Gasteiger partial charge on any atom is -0.325 e. The summed E-state index contributed by atoms with van der Waals surface area (Å²) in [5.74, 6) is -0.0458. The molecule has 1 rings (SSSR count). The number of rotatable bonds is 7. The lowest BCUT2D eigenvalue weighted by atomic mass is 10.2. The molecule has 1 N–H and O–H groups in total. The number of benzene rings is 1. The summed E-state index contributed by atoms with van der Waals surface area (Å²) in [7, 11) is -1.20. The minimum atomic E-state index is -2.99. The molecule has 5 nitrogen and oxygen atoms in total. The third kappa shape index (κ3) is 8.04. The van der Waals surface area contributed by atoms with Crippen molar-refractivity contribution in [2.24, 2.45) is 5.92 Å². The van der Waals surface area contributed by atoms with E-state index in [9.17, 15) is 13.2 Å². The maximum Gasteiger partial charge on any atom is 0.238 e. The highest BCUT2D eigenvalue weighted by Gasteiger charge is 2.14. The van der Waals surface area contributed by atoms with Gasteiger partial charge in [-0.15, -0.1) is 0 Å². The summed E-state index contributed by atoms with van der Waals surface area (Å²) >= 11 is 5.77. The van der Waals surface area contributed by atoms with Gasteiger partial charge in [0, 0.05) is 23.5 Å². The smallest absolute Gasteiger partial charge is 0.238 e. The fraction of sp³-hybridized carbons (Fsp3) is 0.500. The van der Waals surface area contributed by atoms with Crippen LogP contribution in [0.3, 0.4) is 0 Å². The van der Waals surface area contributed by atoms with E-state index in [1.54, 1.807) is 36.2 Å². The van der Waals surface area contributed by atoms with Gasteiger partial charge in [0.15, 0.2) is 0 Å². The number of sulfone groups is 1. The molecule has 7 heteroatoms. The van der Waals surface area contributed by atoms with E-state index in [0.717, 1.165) is 0 Å². The molecule has 0 saturated carbocycles. The molecule has 1 atom stereocenters. The summed E-state index contributed by atoms with van der Waals surface area (Å²) in [5.41, 5.74) is 0.682. The lowest BCUT2D eigenvalue weighted by Crippen LogP contribution is -2.34. The molecule has 0 aliphatic heterocycles. The highest BCUT2D eigenvalue weighted by atomic mass is 35.5. The van der Waals surface area contributed by atoms with E-state index < -0.39 is 9.84 Å². The van der Waals surface area contributed by atoms with Gasteiger partial charge in [-0.25, -0.2) is 8.42 Å². The predicted molar refractivity (Wildman–Crippen MR) is 86.5 cm³/mol. The summed E-state index contributed by atoms with van der Waals surface area (Å²) < 4.78 is 22.4. The Morgan fingerprint density at radius 1 is 1.33 bits per heavy atom. The molecule has 0 aliphatic rings. The van der Waals surface area contributed by atoms with Crippen LogP contribution in [0.4, 0.5) is 5.69 Å². The molecule has 0 fully saturated rings. The van der Waals surface area contributed by atoms with Crippen LogP contribution in [0.15, 0.2) is 24.3 Å². The Bertz CT molecular complexity index is 572.